The van der Waals surface area contributed by atoms with Gasteiger partial charge in [-0.3, -0.25) is 0 Å². The largest absolute Gasteiger partial charge is 0.512 e. The van der Waals surface area contributed by atoms with E-state index in [4.69, 9.17) is 0 Å². The average Bonchev–Trinajstić information content (AvgIpc) is 1.93. The number of hydrogen-bond donors (Lipinski definition) is 1. The van der Waals surface area contributed by atoms with E-state index in [1.54, 1.807) is 0 Å². The van der Waals surface area contributed by atoms with Crippen LogP contribution in [0.5, 0.6) is 0 Å². The van der Waals surface area contributed by atoms with E-state index in [9.17, 15) is 5.11 Å². The van der Waals surface area contributed by atoms with E-state index in [1.807, 2.05) is 24.9 Å². The second-order valence-corrected chi connectivity index (χ2v) is 3.27. The van der Waals surface area contributed by atoms with Gasteiger partial charge in [-0.15, -0.1) is 0 Å². The number of hydrogen-bond acceptors (Lipinski definition) is 1. The van der Waals surface area contributed by atoms with Crippen LogP contribution in [0.25, 0.3) is 0 Å². The van der Waals surface area contributed by atoms with Gasteiger partial charge in [0, 0.05) is 6.42 Å². The maximum absolute atomic E-state index is 9.44. The summed E-state index contributed by atoms with van der Waals surface area (Å²) in [7, 11) is 3.96. The fraction of sp³-hybridized carbons (Fsp3) is 0.667. The van der Waals surface area contributed by atoms with Crippen LogP contribution in [0.2, 0.25) is 0 Å². The Hall–Kier alpha value is -0.790. The van der Waals surface area contributed by atoms with Gasteiger partial charge in [0.15, 0.2) is 6.21 Å². The van der Waals surface area contributed by atoms with Crippen molar-refractivity contribution < 1.29 is 9.68 Å². The van der Waals surface area contributed by atoms with Gasteiger partial charge in [-0.25, -0.2) is 4.58 Å². The molecule has 2 heteroatoms. The van der Waals surface area contributed by atoms with Crippen molar-refractivity contribution >= 4 is 6.21 Å². The van der Waals surface area contributed by atoms with Gasteiger partial charge in [-0.05, 0) is 19.3 Å². The third-order valence-corrected chi connectivity index (χ3v) is 1.89. The quantitative estimate of drug-likeness (QED) is 0.451. The molecule has 0 aromatic heterocycles. The lowest BCUT2D eigenvalue weighted by Crippen LogP contribution is -2.07. The number of rotatable bonds is 1. The highest BCUT2D eigenvalue weighted by atomic mass is 16.3. The van der Waals surface area contributed by atoms with Gasteiger partial charge in [0.2, 0.25) is 0 Å². The molecule has 0 amide bonds. The van der Waals surface area contributed by atoms with Gasteiger partial charge in [0.1, 0.15) is 19.9 Å². The molecule has 1 aliphatic rings. The lowest BCUT2D eigenvalue weighted by Gasteiger charge is -2.10. The van der Waals surface area contributed by atoms with Crippen molar-refractivity contribution in [3.8, 4) is 0 Å². The number of nitrogens with zero attached hydrogens (tertiary/aromatic N) is 1. The topological polar surface area (TPSA) is 23.2 Å². The zero-order valence-electron chi connectivity index (χ0n) is 7.30. The molecule has 0 aromatic rings. The average molecular weight is 154 g/mol. The molecule has 0 fully saturated rings. The molecule has 0 radical (unpaired) electrons. The SMILES string of the molecule is C[N+](C)=CC1=C(O)CCCC1. The summed E-state index contributed by atoms with van der Waals surface area (Å²) in [5.41, 5.74) is 1.11. The molecule has 0 atom stereocenters. The van der Waals surface area contributed by atoms with Crippen molar-refractivity contribution in [3.63, 3.8) is 0 Å². The first-order valence-electron chi connectivity index (χ1n) is 4.12. The minimum absolute atomic E-state index is 0.588. The summed E-state index contributed by atoms with van der Waals surface area (Å²) in [4.78, 5) is 0. The Bertz CT molecular complexity index is 200. The predicted octanol–water partition coefficient (Wildman–Crippen LogP) is 1.72. The van der Waals surface area contributed by atoms with Crippen LogP contribution in [0, 0.1) is 0 Å². The van der Waals surface area contributed by atoms with Gasteiger partial charge in [0.25, 0.3) is 0 Å². The van der Waals surface area contributed by atoms with Gasteiger partial charge in [-0.1, -0.05) is 0 Å². The molecule has 0 saturated carbocycles. The molecule has 0 heterocycles. The lowest BCUT2D eigenvalue weighted by molar-refractivity contribution is -0.459. The third-order valence-electron chi connectivity index (χ3n) is 1.89. The molecule has 0 saturated heterocycles. The summed E-state index contributed by atoms with van der Waals surface area (Å²) in [5, 5.41) is 9.44. The normalized spacial score (nSPS) is 18.4. The van der Waals surface area contributed by atoms with Crippen LogP contribution in [0.15, 0.2) is 11.3 Å². The van der Waals surface area contributed by atoms with Crippen LogP contribution in [-0.4, -0.2) is 30.0 Å². The number of aliphatic hydroxyl groups excluding tert-OH is 1. The van der Waals surface area contributed by atoms with Crippen LogP contribution >= 0.6 is 0 Å². The highest BCUT2D eigenvalue weighted by Crippen LogP contribution is 2.20. The summed E-state index contributed by atoms with van der Waals surface area (Å²) in [6.07, 6.45) is 6.25. The predicted molar refractivity (Wildman–Crippen MR) is 46.3 cm³/mol. The Labute approximate surface area is 67.9 Å². The second-order valence-electron chi connectivity index (χ2n) is 3.27. The van der Waals surface area contributed by atoms with E-state index in [0.717, 1.165) is 24.8 Å². The molecule has 1 N–H and O–H groups in total. The standard InChI is InChI=1S/C9H15NO/c1-10(2)7-8-5-3-4-6-9(8)11/h7H,3-6H2,1-2H3/p+1. The molecule has 0 aliphatic heterocycles. The Morgan fingerprint density at radius 2 is 1.91 bits per heavy atom. The van der Waals surface area contributed by atoms with E-state index < -0.39 is 0 Å². The summed E-state index contributed by atoms with van der Waals surface area (Å²) in [6.45, 7) is 0. The molecule has 1 rings (SSSR count). The second kappa shape index (κ2) is 3.56. The molecule has 2 nitrogen and oxygen atoms in total. The van der Waals surface area contributed by atoms with Crippen molar-refractivity contribution in [3.05, 3.63) is 11.3 Å². The van der Waals surface area contributed by atoms with E-state index >= 15 is 0 Å². The third kappa shape index (κ3) is 2.37. The zero-order chi connectivity index (χ0) is 8.27. The monoisotopic (exact) mass is 154 g/mol. The van der Waals surface area contributed by atoms with Crippen molar-refractivity contribution in [2.24, 2.45) is 0 Å². The fourth-order valence-corrected chi connectivity index (χ4v) is 1.36. The van der Waals surface area contributed by atoms with Crippen LogP contribution in [0.3, 0.4) is 0 Å². The molecular weight excluding hydrogens is 138 g/mol. The Morgan fingerprint density at radius 1 is 1.27 bits per heavy atom. The Balaban J connectivity index is 2.75. The van der Waals surface area contributed by atoms with E-state index in [2.05, 4.69) is 0 Å². The first-order chi connectivity index (χ1) is 5.20. The van der Waals surface area contributed by atoms with Crippen molar-refractivity contribution in [1.82, 2.24) is 0 Å². The fourth-order valence-electron chi connectivity index (χ4n) is 1.36. The van der Waals surface area contributed by atoms with Gasteiger partial charge >= 0.3 is 0 Å². The lowest BCUT2D eigenvalue weighted by atomic mass is 9.99. The van der Waals surface area contributed by atoms with Crippen LogP contribution in [0.4, 0.5) is 0 Å². The van der Waals surface area contributed by atoms with Crippen molar-refractivity contribution in [2.75, 3.05) is 14.1 Å². The van der Waals surface area contributed by atoms with Crippen molar-refractivity contribution in [1.29, 1.82) is 0 Å². The zero-order valence-corrected chi connectivity index (χ0v) is 7.30. The van der Waals surface area contributed by atoms with Crippen LogP contribution in [-0.2, 0) is 0 Å². The van der Waals surface area contributed by atoms with Crippen LogP contribution < -0.4 is 0 Å². The Morgan fingerprint density at radius 3 is 2.45 bits per heavy atom. The summed E-state index contributed by atoms with van der Waals surface area (Å²) < 4.78 is 1.98. The maximum Gasteiger partial charge on any atom is 0.169 e. The highest BCUT2D eigenvalue weighted by molar-refractivity contribution is 5.75. The summed E-state index contributed by atoms with van der Waals surface area (Å²) in [6, 6.07) is 0. The molecular formula is C9H16NO+. The highest BCUT2D eigenvalue weighted by Gasteiger charge is 2.11. The van der Waals surface area contributed by atoms with E-state index in [-0.39, 0.29) is 0 Å². The first-order valence-corrected chi connectivity index (χ1v) is 4.12. The molecule has 0 unspecified atom stereocenters. The smallest absolute Gasteiger partial charge is 0.169 e. The minimum atomic E-state index is 0.588. The van der Waals surface area contributed by atoms with Gasteiger partial charge in [0.05, 0.1) is 5.57 Å². The molecule has 0 aromatic carbocycles. The molecule has 0 spiro atoms. The molecule has 62 valence electrons. The van der Waals surface area contributed by atoms with Gasteiger partial charge < -0.3 is 5.11 Å². The van der Waals surface area contributed by atoms with Gasteiger partial charge in [-0.2, -0.15) is 0 Å². The summed E-state index contributed by atoms with van der Waals surface area (Å²) in [5.74, 6) is 0.588. The van der Waals surface area contributed by atoms with Crippen LogP contribution in [0.1, 0.15) is 25.7 Å². The molecule has 1 aliphatic carbocycles. The van der Waals surface area contributed by atoms with E-state index in [1.165, 1.54) is 6.42 Å². The molecule has 11 heavy (non-hydrogen) atoms. The maximum atomic E-state index is 9.44. The first kappa shape index (κ1) is 8.31. The minimum Gasteiger partial charge on any atom is -0.512 e. The molecule has 0 bridgehead atoms. The number of allylic oxidation sites excluding steroid dienone is 2. The van der Waals surface area contributed by atoms with E-state index in [0.29, 0.717) is 5.76 Å². The number of aliphatic hydroxyl groups is 1. The Kier molecular flexibility index (Phi) is 2.69. The van der Waals surface area contributed by atoms with Crippen molar-refractivity contribution in [2.45, 2.75) is 25.7 Å². The summed E-state index contributed by atoms with van der Waals surface area (Å²) >= 11 is 0.